The Morgan fingerprint density at radius 3 is 2.61 bits per heavy atom. The Morgan fingerprint density at radius 1 is 1.17 bits per heavy atom. The van der Waals surface area contributed by atoms with Crippen LogP contribution in [0.5, 0.6) is 0 Å². The minimum absolute atomic E-state index is 0.721. The van der Waals surface area contributed by atoms with Crippen molar-refractivity contribution in [1.29, 1.82) is 0 Å². The normalized spacial score (nSPS) is 16.8. The summed E-state index contributed by atoms with van der Waals surface area (Å²) < 4.78 is 2.09. The van der Waals surface area contributed by atoms with Crippen LogP contribution in [0.3, 0.4) is 0 Å². The number of pyridine rings is 1. The van der Waals surface area contributed by atoms with Gasteiger partial charge in [0.1, 0.15) is 0 Å². The molecule has 2 aromatic heterocycles. The van der Waals surface area contributed by atoms with Gasteiger partial charge in [-0.25, -0.2) is 9.67 Å². The van der Waals surface area contributed by atoms with E-state index in [-0.39, 0.29) is 0 Å². The van der Waals surface area contributed by atoms with E-state index in [1.54, 1.807) is 0 Å². The van der Waals surface area contributed by atoms with Gasteiger partial charge in [-0.2, -0.15) is 5.10 Å². The van der Waals surface area contributed by atoms with E-state index in [1.165, 1.54) is 32.4 Å². The number of nitrogens with zero attached hydrogens (tertiary/aromatic N) is 5. The van der Waals surface area contributed by atoms with Gasteiger partial charge in [0.05, 0.1) is 0 Å². The molecule has 0 N–H and O–H groups in total. The van der Waals surface area contributed by atoms with Crippen LogP contribution < -0.4 is 0 Å². The van der Waals surface area contributed by atoms with E-state index in [1.807, 2.05) is 24.5 Å². The first kappa shape index (κ1) is 16.1. The molecule has 0 bridgehead atoms. The molecule has 3 heterocycles. The summed E-state index contributed by atoms with van der Waals surface area (Å²) in [6.07, 6.45) is 9.46. The second kappa shape index (κ2) is 7.68. The summed E-state index contributed by atoms with van der Waals surface area (Å²) >= 11 is 0. The molecule has 0 aromatic carbocycles. The quantitative estimate of drug-likeness (QED) is 0.822. The third-order valence-corrected chi connectivity index (χ3v) is 4.69. The molecule has 124 valence electrons. The molecule has 1 aliphatic heterocycles. The van der Waals surface area contributed by atoms with Crippen molar-refractivity contribution in [3.05, 3.63) is 30.4 Å². The molecule has 2 aromatic rings. The highest BCUT2D eigenvalue weighted by atomic mass is 15.3. The topological polar surface area (TPSA) is 46.8 Å². The maximum atomic E-state index is 4.86. The zero-order chi connectivity index (χ0) is 16.1. The van der Waals surface area contributed by atoms with E-state index >= 15 is 0 Å². The number of aromatic nitrogens is 4. The van der Waals surface area contributed by atoms with Crippen LogP contribution in [0.4, 0.5) is 0 Å². The third kappa shape index (κ3) is 4.16. The molecular formula is C18H27N5. The lowest BCUT2D eigenvalue weighted by Crippen LogP contribution is -2.31. The Labute approximate surface area is 138 Å². The number of hydrogen-bond donors (Lipinski definition) is 0. The fraction of sp³-hybridized carbons (Fsp3) is 0.611. The first-order valence-corrected chi connectivity index (χ1v) is 8.79. The number of piperidine rings is 1. The van der Waals surface area contributed by atoms with Gasteiger partial charge >= 0.3 is 0 Å². The number of aryl methyl sites for hydroxylation is 1. The molecule has 5 heteroatoms. The molecule has 3 rings (SSSR count). The minimum atomic E-state index is 0.721. The molecule has 1 aliphatic rings. The summed E-state index contributed by atoms with van der Waals surface area (Å²) in [5, 5.41) is 4.81. The van der Waals surface area contributed by atoms with Crippen LogP contribution in [-0.4, -0.2) is 44.8 Å². The van der Waals surface area contributed by atoms with E-state index in [2.05, 4.69) is 28.5 Å². The van der Waals surface area contributed by atoms with Gasteiger partial charge in [0.15, 0.2) is 11.6 Å². The third-order valence-electron chi connectivity index (χ3n) is 4.69. The van der Waals surface area contributed by atoms with Crippen LogP contribution in [-0.2, 0) is 13.0 Å². The summed E-state index contributed by atoms with van der Waals surface area (Å²) in [6, 6.07) is 4.04. The van der Waals surface area contributed by atoms with Crippen molar-refractivity contribution in [1.82, 2.24) is 24.6 Å². The predicted octanol–water partition coefficient (Wildman–Crippen LogP) is 3.02. The zero-order valence-corrected chi connectivity index (χ0v) is 14.3. The Bertz CT molecular complexity index is 599. The van der Waals surface area contributed by atoms with Crippen molar-refractivity contribution in [2.75, 3.05) is 20.1 Å². The molecule has 0 amide bonds. The second-order valence-corrected chi connectivity index (χ2v) is 6.61. The monoisotopic (exact) mass is 313 g/mol. The van der Waals surface area contributed by atoms with Crippen molar-refractivity contribution in [3.63, 3.8) is 0 Å². The highest BCUT2D eigenvalue weighted by Gasteiger charge is 2.20. The molecule has 0 unspecified atom stereocenters. The molecule has 23 heavy (non-hydrogen) atoms. The smallest absolute Gasteiger partial charge is 0.158 e. The summed E-state index contributed by atoms with van der Waals surface area (Å²) in [5.41, 5.74) is 1.11. The lowest BCUT2D eigenvalue weighted by Gasteiger charge is -2.28. The van der Waals surface area contributed by atoms with Crippen LogP contribution in [0.1, 0.15) is 38.4 Å². The second-order valence-electron chi connectivity index (χ2n) is 6.61. The van der Waals surface area contributed by atoms with Gasteiger partial charge in [0.2, 0.25) is 0 Å². The average molecular weight is 313 g/mol. The van der Waals surface area contributed by atoms with Crippen molar-refractivity contribution in [2.24, 2.45) is 5.92 Å². The van der Waals surface area contributed by atoms with Crippen LogP contribution in [0.25, 0.3) is 11.4 Å². The number of likely N-dealkylation sites (tertiary alicyclic amines) is 1. The largest absolute Gasteiger partial charge is 0.306 e. The van der Waals surface area contributed by atoms with Crippen molar-refractivity contribution in [2.45, 2.75) is 45.6 Å². The standard InChI is InChI=1S/C18H27N5/c1-3-4-11-23-18(16-5-9-19-10-6-16)20-17(21-23)14-15-7-12-22(2)13-8-15/h5-6,9-10,15H,3-4,7-8,11-14H2,1-2H3. The molecule has 1 fully saturated rings. The van der Waals surface area contributed by atoms with Gasteiger partial charge in [-0.05, 0) is 57.5 Å². The molecule has 0 aliphatic carbocycles. The lowest BCUT2D eigenvalue weighted by molar-refractivity contribution is 0.217. The summed E-state index contributed by atoms with van der Waals surface area (Å²) in [4.78, 5) is 11.4. The van der Waals surface area contributed by atoms with Crippen molar-refractivity contribution in [3.8, 4) is 11.4 Å². The lowest BCUT2D eigenvalue weighted by atomic mass is 9.94. The molecule has 0 saturated carbocycles. The summed E-state index contributed by atoms with van der Waals surface area (Å²) in [5.74, 6) is 2.71. The van der Waals surface area contributed by atoms with E-state index in [9.17, 15) is 0 Å². The highest BCUT2D eigenvalue weighted by Crippen LogP contribution is 2.22. The maximum Gasteiger partial charge on any atom is 0.158 e. The molecule has 0 radical (unpaired) electrons. The highest BCUT2D eigenvalue weighted by molar-refractivity contribution is 5.53. The van der Waals surface area contributed by atoms with Crippen LogP contribution in [0, 0.1) is 5.92 Å². The van der Waals surface area contributed by atoms with E-state index in [0.717, 1.165) is 42.5 Å². The van der Waals surface area contributed by atoms with Gasteiger partial charge in [-0.1, -0.05) is 13.3 Å². The first-order valence-electron chi connectivity index (χ1n) is 8.79. The Morgan fingerprint density at radius 2 is 1.91 bits per heavy atom. The van der Waals surface area contributed by atoms with Gasteiger partial charge < -0.3 is 4.90 Å². The average Bonchev–Trinajstić information content (AvgIpc) is 2.98. The van der Waals surface area contributed by atoms with E-state index < -0.39 is 0 Å². The van der Waals surface area contributed by atoms with E-state index in [0.29, 0.717) is 0 Å². The van der Waals surface area contributed by atoms with Gasteiger partial charge in [-0.15, -0.1) is 0 Å². The van der Waals surface area contributed by atoms with Gasteiger partial charge in [0, 0.05) is 30.9 Å². The van der Waals surface area contributed by atoms with Gasteiger partial charge in [-0.3, -0.25) is 4.98 Å². The Hall–Kier alpha value is -1.75. The predicted molar refractivity (Wildman–Crippen MR) is 92.1 cm³/mol. The van der Waals surface area contributed by atoms with Gasteiger partial charge in [0.25, 0.3) is 0 Å². The first-order chi connectivity index (χ1) is 11.3. The SMILES string of the molecule is CCCCn1nc(CC2CCN(C)CC2)nc1-c1ccncc1. The number of rotatable bonds is 6. The van der Waals surface area contributed by atoms with Crippen LogP contribution in [0.15, 0.2) is 24.5 Å². The fourth-order valence-electron chi connectivity index (χ4n) is 3.18. The molecular weight excluding hydrogens is 286 g/mol. The van der Waals surface area contributed by atoms with Crippen molar-refractivity contribution < 1.29 is 0 Å². The molecule has 0 spiro atoms. The Balaban J connectivity index is 1.77. The number of hydrogen-bond acceptors (Lipinski definition) is 4. The molecule has 0 atom stereocenters. The Kier molecular flexibility index (Phi) is 5.39. The van der Waals surface area contributed by atoms with Crippen LogP contribution >= 0.6 is 0 Å². The van der Waals surface area contributed by atoms with Crippen molar-refractivity contribution >= 4 is 0 Å². The zero-order valence-electron chi connectivity index (χ0n) is 14.3. The molecule has 1 saturated heterocycles. The maximum absolute atomic E-state index is 4.86. The van der Waals surface area contributed by atoms with Crippen LogP contribution in [0.2, 0.25) is 0 Å². The van der Waals surface area contributed by atoms with E-state index in [4.69, 9.17) is 10.1 Å². The summed E-state index contributed by atoms with van der Waals surface area (Å²) in [7, 11) is 2.20. The number of unbranched alkanes of at least 4 members (excludes halogenated alkanes) is 1. The summed E-state index contributed by atoms with van der Waals surface area (Å²) in [6.45, 7) is 5.54. The molecule has 5 nitrogen and oxygen atoms in total. The minimum Gasteiger partial charge on any atom is -0.306 e. The fourth-order valence-corrected chi connectivity index (χ4v) is 3.18.